The van der Waals surface area contributed by atoms with E-state index in [4.69, 9.17) is 40.2 Å². The van der Waals surface area contributed by atoms with Gasteiger partial charge in [0.25, 0.3) is 0 Å². The van der Waals surface area contributed by atoms with Crippen molar-refractivity contribution in [3.8, 4) is 5.75 Å². The number of hydrogen-bond acceptors (Lipinski definition) is 3. The Balaban J connectivity index is 2.53. The monoisotopic (exact) mass is 414 g/mol. The Morgan fingerprint density at radius 3 is 2.38 bits per heavy atom. The topological polar surface area (TPSA) is 41.6 Å². The summed E-state index contributed by atoms with van der Waals surface area (Å²) < 4.78 is 5.69. The first-order chi connectivity index (χ1) is 12.2. The minimum atomic E-state index is -0.392. The second-order valence-electron chi connectivity index (χ2n) is 6.57. The third-order valence-electron chi connectivity index (χ3n) is 4.13. The fraction of sp³-hybridized carbons (Fsp3) is 0.474. The van der Waals surface area contributed by atoms with Crippen LogP contribution in [0.5, 0.6) is 5.75 Å². The fourth-order valence-corrected chi connectivity index (χ4v) is 4.01. The molecule has 1 unspecified atom stereocenters. The normalized spacial score (nSPS) is 17.6. The van der Waals surface area contributed by atoms with Gasteiger partial charge in [0.1, 0.15) is 0 Å². The zero-order valence-corrected chi connectivity index (χ0v) is 18.0. The SMILES string of the molecule is CCCN1C(=S)NC(c2cc(Cl)c(OC(C)C)c(Cl)c2)C(C(C)=O)=C1C. The number of thiocarbonyl (C=S) groups is 1. The van der Waals surface area contributed by atoms with Crippen LogP contribution in [0.15, 0.2) is 23.4 Å². The molecule has 0 saturated heterocycles. The van der Waals surface area contributed by atoms with Gasteiger partial charge in [-0.3, -0.25) is 4.79 Å². The molecule has 1 aliphatic rings. The number of nitrogens with one attached hydrogen (secondary N) is 1. The number of halogens is 2. The Morgan fingerprint density at radius 1 is 1.35 bits per heavy atom. The summed E-state index contributed by atoms with van der Waals surface area (Å²) in [5, 5.41) is 4.67. The van der Waals surface area contributed by atoms with Gasteiger partial charge in [-0.2, -0.15) is 0 Å². The van der Waals surface area contributed by atoms with Gasteiger partial charge in [-0.25, -0.2) is 0 Å². The number of allylic oxidation sites excluding steroid dienone is 1. The maximum absolute atomic E-state index is 12.4. The molecule has 1 aromatic rings. The Morgan fingerprint density at radius 2 is 1.92 bits per heavy atom. The van der Waals surface area contributed by atoms with E-state index >= 15 is 0 Å². The number of carbonyl (C=O) groups excluding carboxylic acids is 1. The van der Waals surface area contributed by atoms with Crippen LogP contribution in [0.25, 0.3) is 0 Å². The number of ether oxygens (including phenoxy) is 1. The summed E-state index contributed by atoms with van der Waals surface area (Å²) in [7, 11) is 0. The van der Waals surface area contributed by atoms with Crippen LogP contribution in [-0.4, -0.2) is 28.4 Å². The maximum Gasteiger partial charge on any atom is 0.173 e. The molecule has 0 spiro atoms. The first-order valence-corrected chi connectivity index (χ1v) is 9.79. The van der Waals surface area contributed by atoms with Crippen molar-refractivity contribution in [1.82, 2.24) is 10.2 Å². The number of carbonyl (C=O) groups is 1. The van der Waals surface area contributed by atoms with Crippen molar-refractivity contribution in [1.29, 1.82) is 0 Å². The molecule has 0 amide bonds. The molecule has 0 fully saturated rings. The molecule has 0 aliphatic carbocycles. The lowest BCUT2D eigenvalue weighted by Crippen LogP contribution is -2.47. The van der Waals surface area contributed by atoms with Crippen molar-refractivity contribution in [3.63, 3.8) is 0 Å². The van der Waals surface area contributed by atoms with E-state index in [0.29, 0.717) is 26.5 Å². The van der Waals surface area contributed by atoms with Crippen LogP contribution in [0.2, 0.25) is 10.0 Å². The lowest BCUT2D eigenvalue weighted by molar-refractivity contribution is -0.114. The first kappa shape index (κ1) is 21.0. The van der Waals surface area contributed by atoms with Crippen molar-refractivity contribution in [3.05, 3.63) is 39.0 Å². The summed E-state index contributed by atoms with van der Waals surface area (Å²) in [5.41, 5.74) is 2.30. The summed E-state index contributed by atoms with van der Waals surface area (Å²) in [6.07, 6.45) is 0.877. The van der Waals surface area contributed by atoms with Crippen LogP contribution < -0.4 is 10.1 Å². The second-order valence-corrected chi connectivity index (χ2v) is 7.77. The summed E-state index contributed by atoms with van der Waals surface area (Å²) in [4.78, 5) is 14.3. The minimum absolute atomic E-state index is 0.0154. The van der Waals surface area contributed by atoms with Crippen molar-refractivity contribution in [2.24, 2.45) is 0 Å². The molecule has 0 radical (unpaired) electrons. The van der Waals surface area contributed by atoms with Crippen LogP contribution in [-0.2, 0) is 4.79 Å². The quantitative estimate of drug-likeness (QED) is 0.640. The van der Waals surface area contributed by atoms with Gasteiger partial charge in [-0.1, -0.05) is 30.1 Å². The summed E-state index contributed by atoms with van der Waals surface area (Å²) >= 11 is 18.3. The van der Waals surface area contributed by atoms with Crippen molar-refractivity contribution in [2.45, 2.75) is 53.2 Å². The van der Waals surface area contributed by atoms with Gasteiger partial charge >= 0.3 is 0 Å². The van der Waals surface area contributed by atoms with Gasteiger partial charge in [-0.05, 0) is 64.0 Å². The van der Waals surface area contributed by atoms with Crippen LogP contribution >= 0.6 is 35.4 Å². The van der Waals surface area contributed by atoms with Gasteiger partial charge in [0.05, 0.1) is 22.2 Å². The lowest BCUT2D eigenvalue weighted by Gasteiger charge is -2.37. The highest BCUT2D eigenvalue weighted by Crippen LogP contribution is 2.39. The molecule has 0 saturated carbocycles. The van der Waals surface area contributed by atoms with E-state index < -0.39 is 6.04 Å². The third-order valence-corrected chi connectivity index (χ3v) is 5.03. The summed E-state index contributed by atoms with van der Waals surface area (Å²) in [6, 6.07) is 3.16. The summed E-state index contributed by atoms with van der Waals surface area (Å²) in [6.45, 7) is 10.1. The summed E-state index contributed by atoms with van der Waals surface area (Å²) in [5.74, 6) is 0.432. The molecule has 2 rings (SSSR count). The molecular formula is C19H24Cl2N2O2S. The van der Waals surface area contributed by atoms with Crippen LogP contribution in [0.3, 0.4) is 0 Å². The van der Waals surface area contributed by atoms with Crippen molar-refractivity contribution < 1.29 is 9.53 Å². The third kappa shape index (κ3) is 4.33. The molecule has 1 heterocycles. The van der Waals surface area contributed by atoms with Crippen molar-refractivity contribution in [2.75, 3.05) is 6.54 Å². The number of Topliss-reactive ketones (excluding diaryl/α,β-unsaturated/α-hetero) is 1. The highest BCUT2D eigenvalue weighted by molar-refractivity contribution is 7.80. The number of nitrogens with zero attached hydrogens (tertiary/aromatic N) is 1. The number of rotatable bonds is 6. The highest BCUT2D eigenvalue weighted by atomic mass is 35.5. The predicted octanol–water partition coefficient (Wildman–Crippen LogP) is 5.28. The Bertz CT molecular complexity index is 739. The van der Waals surface area contributed by atoms with Crippen molar-refractivity contribution >= 4 is 46.3 Å². The Hall–Kier alpha value is -1.30. The molecule has 142 valence electrons. The highest BCUT2D eigenvalue weighted by Gasteiger charge is 2.32. The van der Waals surface area contributed by atoms with Gasteiger partial charge in [0.2, 0.25) is 0 Å². The maximum atomic E-state index is 12.4. The van der Waals surface area contributed by atoms with E-state index in [1.165, 1.54) is 0 Å². The Kier molecular flexibility index (Phi) is 6.94. The van der Waals surface area contributed by atoms with Gasteiger partial charge in [0.15, 0.2) is 16.6 Å². The molecule has 4 nitrogen and oxygen atoms in total. The average Bonchev–Trinajstić information content (AvgIpc) is 2.53. The minimum Gasteiger partial charge on any atom is -0.488 e. The van der Waals surface area contributed by atoms with Crippen LogP contribution in [0, 0.1) is 0 Å². The molecule has 1 aliphatic heterocycles. The van der Waals surface area contributed by atoms with Crippen LogP contribution in [0.4, 0.5) is 0 Å². The number of ketones is 1. The molecule has 1 aromatic carbocycles. The largest absolute Gasteiger partial charge is 0.488 e. The van der Waals surface area contributed by atoms with Gasteiger partial charge in [-0.15, -0.1) is 0 Å². The van der Waals surface area contributed by atoms with E-state index in [1.807, 2.05) is 25.7 Å². The zero-order valence-electron chi connectivity index (χ0n) is 15.7. The molecule has 26 heavy (non-hydrogen) atoms. The van der Waals surface area contributed by atoms with E-state index in [9.17, 15) is 4.79 Å². The van der Waals surface area contributed by atoms with Gasteiger partial charge in [0, 0.05) is 17.8 Å². The Labute approximate surface area is 170 Å². The molecule has 0 bridgehead atoms. The average molecular weight is 415 g/mol. The molecule has 7 heteroatoms. The molecule has 1 atom stereocenters. The van der Waals surface area contributed by atoms with Crippen LogP contribution in [0.1, 0.15) is 52.6 Å². The predicted molar refractivity (Wildman–Crippen MR) is 111 cm³/mol. The van der Waals surface area contributed by atoms with E-state index in [0.717, 1.165) is 24.2 Å². The number of hydrogen-bond donors (Lipinski definition) is 1. The molecular weight excluding hydrogens is 391 g/mol. The van der Waals surface area contributed by atoms with Gasteiger partial charge < -0.3 is 15.0 Å². The van der Waals surface area contributed by atoms with E-state index in [-0.39, 0.29) is 11.9 Å². The van der Waals surface area contributed by atoms with E-state index in [1.54, 1.807) is 19.1 Å². The lowest BCUT2D eigenvalue weighted by atomic mass is 9.92. The molecule has 1 N–H and O–H groups in total. The smallest absolute Gasteiger partial charge is 0.173 e. The first-order valence-electron chi connectivity index (χ1n) is 8.62. The second kappa shape index (κ2) is 8.59. The van der Waals surface area contributed by atoms with E-state index in [2.05, 4.69) is 12.2 Å². The fourth-order valence-electron chi connectivity index (χ4n) is 3.08. The number of benzene rings is 1. The molecule has 0 aromatic heterocycles. The standard InChI is InChI=1S/C19H24Cl2N2O2S/c1-6-7-23-11(4)16(12(5)24)17(22-19(23)26)13-8-14(20)18(15(21)9-13)25-10(2)3/h8-10,17H,6-7H2,1-5H3,(H,22,26). The zero-order chi connectivity index (χ0) is 19.6.